The topological polar surface area (TPSA) is 20.2 Å². The van der Waals surface area contributed by atoms with Gasteiger partial charge in [0.05, 0.1) is 0 Å². The van der Waals surface area contributed by atoms with Crippen LogP contribution in [0.4, 0.5) is 0 Å². The van der Waals surface area contributed by atoms with Gasteiger partial charge in [0.15, 0.2) is 5.05 Å². The fourth-order valence-electron chi connectivity index (χ4n) is 0.703. The smallest absolute Gasteiger partial charge is 0.156 e. The zero-order valence-electron chi connectivity index (χ0n) is 5.89. The standard InChI is InChI=1S/C7H14OS/c1-2-3-4-5-6-7(8)9/h2-6H2,1H3,(H,8,9). The van der Waals surface area contributed by atoms with Crippen molar-refractivity contribution < 1.29 is 5.11 Å². The van der Waals surface area contributed by atoms with Crippen LogP contribution in [0, 0.1) is 0 Å². The second-order valence-electron chi connectivity index (χ2n) is 2.20. The van der Waals surface area contributed by atoms with Crippen LogP contribution < -0.4 is 0 Å². The summed E-state index contributed by atoms with van der Waals surface area (Å²) in [6.45, 7) is 2.16. The minimum Gasteiger partial charge on any atom is -0.502 e. The van der Waals surface area contributed by atoms with E-state index in [2.05, 4.69) is 19.1 Å². The highest BCUT2D eigenvalue weighted by Crippen LogP contribution is 2.02. The second-order valence-corrected chi connectivity index (χ2v) is 2.68. The first-order valence-corrected chi connectivity index (χ1v) is 3.90. The highest BCUT2D eigenvalue weighted by Gasteiger charge is 1.90. The Morgan fingerprint density at radius 3 is 2.44 bits per heavy atom. The molecule has 54 valence electrons. The Morgan fingerprint density at radius 1 is 1.33 bits per heavy atom. The van der Waals surface area contributed by atoms with Crippen molar-refractivity contribution >= 4 is 17.3 Å². The summed E-state index contributed by atoms with van der Waals surface area (Å²) in [7, 11) is 0. The molecule has 0 atom stereocenters. The number of hydrogen-bond acceptors (Lipinski definition) is 1. The molecule has 2 heteroatoms. The van der Waals surface area contributed by atoms with Gasteiger partial charge in [0.1, 0.15) is 0 Å². The van der Waals surface area contributed by atoms with Crippen LogP contribution >= 0.6 is 12.2 Å². The molecule has 9 heavy (non-hydrogen) atoms. The molecular weight excluding hydrogens is 132 g/mol. The SMILES string of the molecule is CCCCCCC(O)=S. The molecule has 0 radical (unpaired) electrons. The maximum absolute atomic E-state index is 8.58. The molecule has 0 fully saturated rings. The molecule has 0 aliphatic heterocycles. The van der Waals surface area contributed by atoms with Crippen molar-refractivity contribution in [3.63, 3.8) is 0 Å². The van der Waals surface area contributed by atoms with Crippen LogP contribution in [0.25, 0.3) is 0 Å². The van der Waals surface area contributed by atoms with Crippen molar-refractivity contribution in [1.82, 2.24) is 0 Å². The van der Waals surface area contributed by atoms with Gasteiger partial charge in [-0.15, -0.1) is 0 Å². The van der Waals surface area contributed by atoms with Crippen molar-refractivity contribution in [2.45, 2.75) is 39.0 Å². The first-order chi connectivity index (χ1) is 4.27. The van der Waals surface area contributed by atoms with E-state index in [0.29, 0.717) is 6.42 Å². The van der Waals surface area contributed by atoms with Crippen molar-refractivity contribution in [3.05, 3.63) is 0 Å². The third kappa shape index (κ3) is 7.89. The summed E-state index contributed by atoms with van der Waals surface area (Å²) in [5, 5.41) is 8.74. The van der Waals surface area contributed by atoms with E-state index in [4.69, 9.17) is 5.11 Å². The summed E-state index contributed by atoms with van der Waals surface area (Å²) in [6, 6.07) is 0. The summed E-state index contributed by atoms with van der Waals surface area (Å²) < 4.78 is 0. The highest BCUT2D eigenvalue weighted by atomic mass is 32.1. The summed E-state index contributed by atoms with van der Waals surface area (Å²) in [4.78, 5) is 0. The number of aliphatic hydroxyl groups excluding tert-OH is 1. The van der Waals surface area contributed by atoms with E-state index in [1.807, 2.05) is 0 Å². The van der Waals surface area contributed by atoms with Gasteiger partial charge in [-0.2, -0.15) is 0 Å². The lowest BCUT2D eigenvalue weighted by molar-refractivity contribution is 0.536. The molecule has 0 aromatic heterocycles. The molecule has 0 aliphatic carbocycles. The van der Waals surface area contributed by atoms with Gasteiger partial charge in [-0.05, 0) is 18.6 Å². The summed E-state index contributed by atoms with van der Waals surface area (Å²) in [5.74, 6) is 0. The van der Waals surface area contributed by atoms with E-state index in [1.54, 1.807) is 0 Å². The third-order valence-electron chi connectivity index (χ3n) is 1.24. The van der Waals surface area contributed by atoms with E-state index in [9.17, 15) is 0 Å². The molecular formula is C7H14OS. The van der Waals surface area contributed by atoms with Gasteiger partial charge in [-0.1, -0.05) is 26.2 Å². The lowest BCUT2D eigenvalue weighted by atomic mass is 10.2. The van der Waals surface area contributed by atoms with Crippen molar-refractivity contribution in [1.29, 1.82) is 0 Å². The number of unbranched alkanes of at least 4 members (excludes halogenated alkanes) is 3. The summed E-state index contributed by atoms with van der Waals surface area (Å²) >= 11 is 4.50. The molecule has 0 spiro atoms. The number of hydrogen-bond donors (Lipinski definition) is 1. The minimum atomic E-state index is 0.158. The summed E-state index contributed by atoms with van der Waals surface area (Å²) in [6.07, 6.45) is 5.43. The maximum atomic E-state index is 8.58. The van der Waals surface area contributed by atoms with Crippen molar-refractivity contribution in [2.24, 2.45) is 0 Å². The molecule has 0 aromatic carbocycles. The van der Waals surface area contributed by atoms with Gasteiger partial charge in [0.2, 0.25) is 0 Å². The van der Waals surface area contributed by atoms with Crippen LogP contribution in [-0.2, 0) is 0 Å². The molecule has 0 aliphatic rings. The summed E-state index contributed by atoms with van der Waals surface area (Å²) in [5.41, 5.74) is 0. The lowest BCUT2D eigenvalue weighted by Crippen LogP contribution is -1.89. The van der Waals surface area contributed by atoms with Crippen LogP contribution in [0.1, 0.15) is 39.0 Å². The maximum Gasteiger partial charge on any atom is 0.156 e. The van der Waals surface area contributed by atoms with Crippen LogP contribution in [0.3, 0.4) is 0 Å². The van der Waals surface area contributed by atoms with Gasteiger partial charge in [-0.25, -0.2) is 0 Å². The van der Waals surface area contributed by atoms with Gasteiger partial charge in [0, 0.05) is 6.42 Å². The average molecular weight is 146 g/mol. The van der Waals surface area contributed by atoms with Gasteiger partial charge < -0.3 is 5.11 Å². The normalized spacial score (nSPS) is 9.44. The first kappa shape index (κ1) is 8.89. The Bertz CT molecular complexity index is 81.0. The van der Waals surface area contributed by atoms with Crippen LogP contribution in [0.15, 0.2) is 0 Å². The predicted octanol–water partition coefficient (Wildman–Crippen LogP) is 2.84. The minimum absolute atomic E-state index is 0.158. The Morgan fingerprint density at radius 2 is 2.00 bits per heavy atom. The first-order valence-electron chi connectivity index (χ1n) is 3.49. The van der Waals surface area contributed by atoms with Crippen LogP contribution in [0.2, 0.25) is 0 Å². The van der Waals surface area contributed by atoms with Crippen molar-refractivity contribution in [3.8, 4) is 0 Å². The molecule has 0 amide bonds. The van der Waals surface area contributed by atoms with Crippen LogP contribution in [-0.4, -0.2) is 10.2 Å². The number of thiocarbonyl (C=S) groups is 1. The molecule has 1 N–H and O–H groups in total. The zero-order valence-corrected chi connectivity index (χ0v) is 6.71. The Hall–Kier alpha value is -0.110. The Labute approximate surface area is 62.1 Å². The highest BCUT2D eigenvalue weighted by molar-refractivity contribution is 7.80. The number of aliphatic hydroxyl groups is 1. The average Bonchev–Trinajstić information content (AvgIpc) is 1.80. The molecule has 0 unspecified atom stereocenters. The quantitative estimate of drug-likeness (QED) is 0.475. The molecule has 0 rings (SSSR count). The van der Waals surface area contributed by atoms with E-state index in [1.165, 1.54) is 19.3 Å². The fraction of sp³-hybridized carbons (Fsp3) is 0.857. The van der Waals surface area contributed by atoms with Gasteiger partial charge in [0.25, 0.3) is 0 Å². The Balaban J connectivity index is 2.83. The van der Waals surface area contributed by atoms with E-state index in [-0.39, 0.29) is 5.05 Å². The Kier molecular flexibility index (Phi) is 5.94. The zero-order chi connectivity index (χ0) is 7.11. The second kappa shape index (κ2) is 6.02. The molecule has 0 heterocycles. The molecule has 0 saturated heterocycles. The molecule has 0 aromatic rings. The fourth-order valence-corrected chi connectivity index (χ4v) is 0.847. The van der Waals surface area contributed by atoms with Gasteiger partial charge in [-0.3, -0.25) is 0 Å². The van der Waals surface area contributed by atoms with E-state index < -0.39 is 0 Å². The predicted molar refractivity (Wildman–Crippen MR) is 44.0 cm³/mol. The van der Waals surface area contributed by atoms with Crippen LogP contribution in [0.5, 0.6) is 0 Å². The lowest BCUT2D eigenvalue weighted by Gasteiger charge is -1.94. The van der Waals surface area contributed by atoms with Gasteiger partial charge >= 0.3 is 0 Å². The molecule has 0 saturated carbocycles. The largest absolute Gasteiger partial charge is 0.502 e. The van der Waals surface area contributed by atoms with Crippen molar-refractivity contribution in [2.75, 3.05) is 0 Å². The van der Waals surface area contributed by atoms with E-state index >= 15 is 0 Å². The van der Waals surface area contributed by atoms with E-state index in [0.717, 1.165) is 6.42 Å². The number of rotatable bonds is 5. The molecule has 1 nitrogen and oxygen atoms in total. The third-order valence-corrected chi connectivity index (χ3v) is 1.45. The molecule has 0 bridgehead atoms. The monoisotopic (exact) mass is 146 g/mol.